The maximum absolute atomic E-state index is 11.3. The molecule has 0 aliphatic rings. The van der Waals surface area contributed by atoms with Crippen molar-refractivity contribution in [1.29, 1.82) is 0 Å². The molecule has 0 aromatic carbocycles. The van der Waals surface area contributed by atoms with E-state index in [-0.39, 0.29) is 23.9 Å². The normalized spacial score (nSPS) is 12.3. The molecule has 0 aromatic rings. The quantitative estimate of drug-likeness (QED) is 0.581. The van der Waals surface area contributed by atoms with Gasteiger partial charge in [-0.1, -0.05) is 0 Å². The summed E-state index contributed by atoms with van der Waals surface area (Å²) in [5.41, 5.74) is 5.58. The van der Waals surface area contributed by atoms with Crippen LogP contribution in [0.3, 0.4) is 0 Å². The summed E-state index contributed by atoms with van der Waals surface area (Å²) in [6, 6.07) is 0.281. The summed E-state index contributed by atoms with van der Waals surface area (Å²) in [7, 11) is 0. The van der Waals surface area contributed by atoms with Crippen molar-refractivity contribution in [3.05, 3.63) is 0 Å². The molecular formula is C12H25N3O2. The molecule has 0 saturated heterocycles. The highest BCUT2D eigenvalue weighted by atomic mass is 16.2. The topological polar surface area (TPSA) is 84.2 Å². The summed E-state index contributed by atoms with van der Waals surface area (Å²) >= 11 is 0. The first-order chi connectivity index (χ1) is 7.91. The first-order valence-corrected chi connectivity index (χ1v) is 6.23. The van der Waals surface area contributed by atoms with Crippen molar-refractivity contribution in [2.75, 3.05) is 6.54 Å². The average Bonchev–Trinajstić information content (AvgIpc) is 2.15. The van der Waals surface area contributed by atoms with E-state index in [1.807, 2.05) is 20.8 Å². The van der Waals surface area contributed by atoms with Gasteiger partial charge in [-0.3, -0.25) is 9.59 Å². The minimum atomic E-state index is -0.0316. The van der Waals surface area contributed by atoms with Crippen LogP contribution in [-0.2, 0) is 9.59 Å². The van der Waals surface area contributed by atoms with Gasteiger partial charge < -0.3 is 16.4 Å². The predicted molar refractivity (Wildman–Crippen MR) is 68.4 cm³/mol. The van der Waals surface area contributed by atoms with E-state index < -0.39 is 0 Å². The smallest absolute Gasteiger partial charge is 0.221 e. The van der Waals surface area contributed by atoms with E-state index in [0.29, 0.717) is 19.4 Å². The number of hydrogen-bond donors (Lipinski definition) is 3. The van der Waals surface area contributed by atoms with Crippen LogP contribution >= 0.6 is 0 Å². The van der Waals surface area contributed by atoms with Crippen LogP contribution in [0.1, 0.15) is 46.5 Å². The highest BCUT2D eigenvalue weighted by molar-refractivity contribution is 5.79. The Bertz CT molecular complexity index is 240. The van der Waals surface area contributed by atoms with Gasteiger partial charge in [-0.2, -0.15) is 0 Å². The Kier molecular flexibility index (Phi) is 8.40. The fourth-order valence-corrected chi connectivity index (χ4v) is 1.38. The fourth-order valence-electron chi connectivity index (χ4n) is 1.38. The number of nitrogens with two attached hydrogens (primary N) is 1. The van der Waals surface area contributed by atoms with E-state index in [9.17, 15) is 9.59 Å². The third kappa shape index (κ3) is 11.2. The predicted octanol–water partition coefficient (Wildman–Crippen LogP) is 0.535. The summed E-state index contributed by atoms with van der Waals surface area (Å²) in [5.74, 6) is -0.0427. The first-order valence-electron chi connectivity index (χ1n) is 6.23. The molecule has 0 heterocycles. The van der Waals surface area contributed by atoms with E-state index in [4.69, 9.17) is 5.73 Å². The van der Waals surface area contributed by atoms with Gasteiger partial charge in [0.25, 0.3) is 0 Å². The molecule has 0 radical (unpaired) electrons. The molecule has 0 aliphatic carbocycles. The lowest BCUT2D eigenvalue weighted by Gasteiger charge is -2.09. The van der Waals surface area contributed by atoms with Gasteiger partial charge in [-0.05, 0) is 33.6 Å². The third-order valence-electron chi connectivity index (χ3n) is 2.19. The van der Waals surface area contributed by atoms with Crippen molar-refractivity contribution < 1.29 is 9.59 Å². The Labute approximate surface area is 104 Å². The number of carbonyl (C=O) groups excluding carboxylic acids is 2. The van der Waals surface area contributed by atoms with Gasteiger partial charge in [-0.25, -0.2) is 0 Å². The van der Waals surface area contributed by atoms with Gasteiger partial charge in [-0.15, -0.1) is 0 Å². The minimum Gasteiger partial charge on any atom is -0.356 e. The van der Waals surface area contributed by atoms with E-state index in [1.165, 1.54) is 0 Å². The number of amides is 2. The van der Waals surface area contributed by atoms with Gasteiger partial charge in [0.05, 0.1) is 0 Å². The highest BCUT2D eigenvalue weighted by Crippen LogP contribution is 1.97. The highest BCUT2D eigenvalue weighted by Gasteiger charge is 2.05. The lowest BCUT2D eigenvalue weighted by atomic mass is 10.1. The van der Waals surface area contributed by atoms with Crippen LogP contribution in [0.4, 0.5) is 0 Å². The molecule has 0 fully saturated rings. The molecule has 17 heavy (non-hydrogen) atoms. The van der Waals surface area contributed by atoms with Crippen molar-refractivity contribution in [3.63, 3.8) is 0 Å². The van der Waals surface area contributed by atoms with Crippen molar-refractivity contribution >= 4 is 11.8 Å². The van der Waals surface area contributed by atoms with Gasteiger partial charge in [0.1, 0.15) is 0 Å². The molecule has 2 amide bonds. The molecule has 5 heteroatoms. The van der Waals surface area contributed by atoms with Gasteiger partial charge in [0, 0.05) is 31.5 Å². The van der Waals surface area contributed by atoms with Crippen LogP contribution < -0.4 is 16.4 Å². The maximum Gasteiger partial charge on any atom is 0.221 e. The molecule has 1 atom stereocenters. The van der Waals surface area contributed by atoms with E-state index in [2.05, 4.69) is 10.6 Å². The van der Waals surface area contributed by atoms with Crippen LogP contribution in [-0.4, -0.2) is 30.4 Å². The summed E-state index contributed by atoms with van der Waals surface area (Å²) < 4.78 is 0. The van der Waals surface area contributed by atoms with Gasteiger partial charge in [0.2, 0.25) is 11.8 Å². The molecule has 0 spiro atoms. The van der Waals surface area contributed by atoms with E-state index in [0.717, 1.165) is 12.8 Å². The zero-order valence-corrected chi connectivity index (χ0v) is 11.1. The zero-order chi connectivity index (χ0) is 13.3. The molecule has 0 rings (SSSR count). The number of nitrogens with one attached hydrogen (secondary N) is 2. The Hall–Kier alpha value is -1.10. The molecule has 5 nitrogen and oxygen atoms in total. The number of carbonyl (C=O) groups is 2. The first kappa shape index (κ1) is 15.9. The van der Waals surface area contributed by atoms with Crippen molar-refractivity contribution in [2.45, 2.75) is 58.5 Å². The SMILES string of the molecule is CC(N)CCCC(=O)NCCC(=O)NC(C)C. The van der Waals surface area contributed by atoms with Gasteiger partial charge in [0.15, 0.2) is 0 Å². The molecule has 0 aliphatic heterocycles. The molecule has 4 N–H and O–H groups in total. The van der Waals surface area contributed by atoms with E-state index >= 15 is 0 Å². The lowest BCUT2D eigenvalue weighted by molar-refractivity contribution is -0.122. The molecule has 0 saturated carbocycles. The second-order valence-electron chi connectivity index (χ2n) is 4.69. The van der Waals surface area contributed by atoms with Crippen molar-refractivity contribution in [1.82, 2.24) is 10.6 Å². The summed E-state index contributed by atoms with van der Waals surface area (Å²) in [4.78, 5) is 22.6. The van der Waals surface area contributed by atoms with Crippen molar-refractivity contribution in [2.24, 2.45) is 5.73 Å². The summed E-state index contributed by atoms with van der Waals surface area (Å²) in [5, 5.41) is 5.49. The second kappa shape index (κ2) is 8.98. The van der Waals surface area contributed by atoms with Crippen LogP contribution in [0.5, 0.6) is 0 Å². The standard InChI is InChI=1S/C12H25N3O2/c1-9(2)15-12(17)7-8-14-11(16)6-4-5-10(3)13/h9-10H,4-8,13H2,1-3H3,(H,14,16)(H,15,17). The molecular weight excluding hydrogens is 218 g/mol. The molecule has 100 valence electrons. The second-order valence-corrected chi connectivity index (χ2v) is 4.69. The Balaban J connectivity index is 3.48. The number of hydrogen-bond acceptors (Lipinski definition) is 3. The monoisotopic (exact) mass is 243 g/mol. The summed E-state index contributed by atoms with van der Waals surface area (Å²) in [6.07, 6.45) is 2.45. The van der Waals surface area contributed by atoms with Gasteiger partial charge >= 0.3 is 0 Å². The van der Waals surface area contributed by atoms with Crippen molar-refractivity contribution in [3.8, 4) is 0 Å². The van der Waals surface area contributed by atoms with E-state index in [1.54, 1.807) is 0 Å². The van der Waals surface area contributed by atoms with Crippen LogP contribution in [0, 0.1) is 0 Å². The summed E-state index contributed by atoms with van der Waals surface area (Å²) in [6.45, 7) is 6.14. The maximum atomic E-state index is 11.3. The third-order valence-corrected chi connectivity index (χ3v) is 2.19. The molecule has 1 unspecified atom stereocenters. The molecule has 0 aromatic heterocycles. The minimum absolute atomic E-state index is 0.0111. The Morgan fingerprint density at radius 1 is 1.12 bits per heavy atom. The Morgan fingerprint density at radius 2 is 1.76 bits per heavy atom. The van der Waals surface area contributed by atoms with Crippen LogP contribution in [0.2, 0.25) is 0 Å². The molecule has 0 bridgehead atoms. The fraction of sp³-hybridized carbons (Fsp3) is 0.833. The Morgan fingerprint density at radius 3 is 2.29 bits per heavy atom. The van der Waals surface area contributed by atoms with Crippen LogP contribution in [0.15, 0.2) is 0 Å². The number of rotatable bonds is 8. The van der Waals surface area contributed by atoms with Crippen LogP contribution in [0.25, 0.3) is 0 Å². The largest absolute Gasteiger partial charge is 0.356 e. The average molecular weight is 243 g/mol. The lowest BCUT2D eigenvalue weighted by Crippen LogP contribution is -2.34. The zero-order valence-electron chi connectivity index (χ0n) is 11.1.